The van der Waals surface area contributed by atoms with Gasteiger partial charge in [0.2, 0.25) is 10.2 Å². The Labute approximate surface area is 145 Å². The van der Waals surface area contributed by atoms with Crippen LogP contribution < -0.4 is 0 Å². The van der Waals surface area contributed by atoms with Gasteiger partial charge >= 0.3 is 0 Å². The average molecular weight is 371 g/mol. The molecule has 0 amide bonds. The van der Waals surface area contributed by atoms with E-state index < -0.39 is 10.0 Å². The third-order valence-corrected chi connectivity index (χ3v) is 6.74. The second-order valence-electron chi connectivity index (χ2n) is 5.99. The zero-order valence-electron chi connectivity index (χ0n) is 13.8. The molecule has 2 heterocycles. The van der Waals surface area contributed by atoms with Gasteiger partial charge in [0.25, 0.3) is 10.0 Å². The van der Waals surface area contributed by atoms with Crippen LogP contribution in [0.25, 0.3) is 0 Å². The molecule has 132 valence electrons. The predicted molar refractivity (Wildman–Crippen MR) is 89.1 cm³/mol. The van der Waals surface area contributed by atoms with E-state index in [2.05, 4.69) is 15.5 Å². The van der Waals surface area contributed by atoms with Crippen molar-refractivity contribution in [3.63, 3.8) is 0 Å². The fourth-order valence-electron chi connectivity index (χ4n) is 2.73. The lowest BCUT2D eigenvalue weighted by atomic mass is 9.96. The van der Waals surface area contributed by atoms with Crippen molar-refractivity contribution in [1.82, 2.24) is 24.5 Å². The van der Waals surface area contributed by atoms with E-state index >= 15 is 0 Å². The number of rotatable bonds is 6. The van der Waals surface area contributed by atoms with Gasteiger partial charge in [-0.3, -0.25) is 0 Å². The van der Waals surface area contributed by atoms with Crippen molar-refractivity contribution in [2.24, 2.45) is 0 Å². The standard InChI is InChI=1S/C14H21N5O3S2/c1-18(2)24(20,21)13-9-8-12(22-13)10-23-14-15-16-17-19(14)11-6-4-3-5-7-11/h8-9,11H,3-7,10H2,1-2H3. The maximum Gasteiger partial charge on any atom is 0.275 e. The summed E-state index contributed by atoms with van der Waals surface area (Å²) in [5.74, 6) is 1.06. The molecule has 0 unspecified atom stereocenters. The summed E-state index contributed by atoms with van der Waals surface area (Å²) in [6.45, 7) is 0. The van der Waals surface area contributed by atoms with Crippen molar-refractivity contribution in [1.29, 1.82) is 0 Å². The molecule has 0 N–H and O–H groups in total. The molecular weight excluding hydrogens is 350 g/mol. The van der Waals surface area contributed by atoms with Crippen molar-refractivity contribution < 1.29 is 12.8 Å². The van der Waals surface area contributed by atoms with Crippen LogP contribution in [0.15, 0.2) is 26.8 Å². The normalized spacial score (nSPS) is 16.8. The lowest BCUT2D eigenvalue weighted by Crippen LogP contribution is -2.21. The SMILES string of the molecule is CN(C)S(=O)(=O)c1ccc(CSc2nnnn2C2CCCCC2)o1. The van der Waals surface area contributed by atoms with Gasteiger partial charge in [-0.25, -0.2) is 17.4 Å². The van der Waals surface area contributed by atoms with E-state index in [1.165, 1.54) is 51.2 Å². The molecule has 0 atom stereocenters. The largest absolute Gasteiger partial charge is 0.447 e. The number of aromatic nitrogens is 4. The van der Waals surface area contributed by atoms with Crippen LogP contribution in [0.5, 0.6) is 0 Å². The summed E-state index contributed by atoms with van der Waals surface area (Å²) in [6.07, 6.45) is 5.89. The molecule has 1 saturated carbocycles. The Hall–Kier alpha value is -1.39. The minimum Gasteiger partial charge on any atom is -0.447 e. The molecule has 1 aliphatic carbocycles. The smallest absolute Gasteiger partial charge is 0.275 e. The van der Waals surface area contributed by atoms with Crippen molar-refractivity contribution >= 4 is 21.8 Å². The van der Waals surface area contributed by atoms with Crippen molar-refractivity contribution in [3.05, 3.63) is 17.9 Å². The summed E-state index contributed by atoms with van der Waals surface area (Å²) < 4.78 is 32.5. The molecule has 10 heteroatoms. The van der Waals surface area contributed by atoms with Crippen LogP contribution in [-0.2, 0) is 15.8 Å². The Morgan fingerprint density at radius 3 is 2.75 bits per heavy atom. The van der Waals surface area contributed by atoms with E-state index in [-0.39, 0.29) is 5.09 Å². The fourth-order valence-corrected chi connectivity index (χ4v) is 4.38. The van der Waals surface area contributed by atoms with Crippen molar-refractivity contribution in [3.8, 4) is 0 Å². The molecule has 1 fully saturated rings. The van der Waals surface area contributed by atoms with E-state index in [4.69, 9.17) is 4.42 Å². The van der Waals surface area contributed by atoms with Gasteiger partial charge in [0.1, 0.15) is 5.76 Å². The number of hydrogen-bond donors (Lipinski definition) is 0. The monoisotopic (exact) mass is 371 g/mol. The van der Waals surface area contributed by atoms with Crippen LogP contribution in [0.1, 0.15) is 43.9 Å². The van der Waals surface area contributed by atoms with Gasteiger partial charge in [0, 0.05) is 14.1 Å². The lowest BCUT2D eigenvalue weighted by Gasteiger charge is -2.21. The number of nitrogens with zero attached hydrogens (tertiary/aromatic N) is 5. The highest BCUT2D eigenvalue weighted by Gasteiger charge is 2.23. The Morgan fingerprint density at radius 1 is 1.29 bits per heavy atom. The van der Waals surface area contributed by atoms with Crippen LogP contribution in [0.4, 0.5) is 0 Å². The highest BCUT2D eigenvalue weighted by molar-refractivity contribution is 7.98. The topological polar surface area (TPSA) is 94.1 Å². The molecule has 1 aliphatic rings. The molecule has 8 nitrogen and oxygen atoms in total. The Balaban J connectivity index is 1.67. The summed E-state index contributed by atoms with van der Waals surface area (Å²) in [5, 5.41) is 12.7. The Bertz CT molecular complexity index is 778. The third-order valence-electron chi connectivity index (χ3n) is 4.10. The molecule has 0 aromatic carbocycles. The zero-order chi connectivity index (χ0) is 17.2. The van der Waals surface area contributed by atoms with Gasteiger partial charge in [0.05, 0.1) is 11.8 Å². The quantitative estimate of drug-likeness (QED) is 0.719. The molecule has 0 radical (unpaired) electrons. The zero-order valence-corrected chi connectivity index (χ0v) is 15.4. The molecule has 0 spiro atoms. The van der Waals surface area contributed by atoms with Gasteiger partial charge in [-0.05, 0) is 35.4 Å². The highest BCUT2D eigenvalue weighted by Crippen LogP contribution is 2.31. The number of furan rings is 1. The second kappa shape index (κ2) is 7.24. The number of tetrazole rings is 1. The predicted octanol–water partition coefficient (Wildman–Crippen LogP) is 2.31. The van der Waals surface area contributed by atoms with E-state index in [0.29, 0.717) is 17.6 Å². The van der Waals surface area contributed by atoms with Crippen LogP contribution in [0, 0.1) is 0 Å². The number of thioether (sulfide) groups is 1. The summed E-state index contributed by atoms with van der Waals surface area (Å²) >= 11 is 1.46. The summed E-state index contributed by atoms with van der Waals surface area (Å²) in [4.78, 5) is 0. The molecule has 2 aromatic heterocycles. The minimum atomic E-state index is -3.54. The van der Waals surface area contributed by atoms with Crippen LogP contribution >= 0.6 is 11.8 Å². The van der Waals surface area contributed by atoms with Crippen molar-refractivity contribution in [2.75, 3.05) is 14.1 Å². The maximum absolute atomic E-state index is 12.0. The summed E-state index contributed by atoms with van der Waals surface area (Å²) in [6, 6.07) is 3.52. The van der Waals surface area contributed by atoms with Gasteiger partial charge in [-0.15, -0.1) is 5.10 Å². The van der Waals surface area contributed by atoms with Gasteiger partial charge in [-0.1, -0.05) is 31.0 Å². The number of hydrogen-bond acceptors (Lipinski definition) is 7. The molecular formula is C14H21N5O3S2. The summed E-state index contributed by atoms with van der Waals surface area (Å²) in [7, 11) is -0.588. The lowest BCUT2D eigenvalue weighted by molar-refractivity contribution is 0.307. The van der Waals surface area contributed by atoms with Gasteiger partial charge < -0.3 is 4.42 Å². The van der Waals surface area contributed by atoms with Crippen LogP contribution in [-0.4, -0.2) is 47.0 Å². The van der Waals surface area contributed by atoms with Crippen LogP contribution in [0.2, 0.25) is 0 Å². The second-order valence-corrected chi connectivity index (χ2v) is 9.02. The maximum atomic E-state index is 12.0. The first-order valence-electron chi connectivity index (χ1n) is 7.90. The first-order chi connectivity index (χ1) is 11.5. The summed E-state index contributed by atoms with van der Waals surface area (Å²) in [5.41, 5.74) is 0. The van der Waals surface area contributed by atoms with Gasteiger partial charge in [0.15, 0.2) is 0 Å². The Morgan fingerprint density at radius 2 is 2.04 bits per heavy atom. The van der Waals surface area contributed by atoms with E-state index in [1.54, 1.807) is 6.07 Å². The first-order valence-corrected chi connectivity index (χ1v) is 10.3. The molecule has 0 aliphatic heterocycles. The molecule has 24 heavy (non-hydrogen) atoms. The molecule has 3 rings (SSSR count). The van der Waals surface area contributed by atoms with E-state index in [9.17, 15) is 8.42 Å². The fraction of sp³-hybridized carbons (Fsp3) is 0.643. The third kappa shape index (κ3) is 3.65. The van der Waals surface area contributed by atoms with E-state index in [0.717, 1.165) is 22.3 Å². The van der Waals surface area contributed by atoms with E-state index in [1.807, 2.05) is 4.68 Å². The molecule has 0 bridgehead atoms. The highest BCUT2D eigenvalue weighted by atomic mass is 32.2. The molecule has 0 saturated heterocycles. The minimum absolute atomic E-state index is 0.0463. The average Bonchev–Trinajstić information content (AvgIpc) is 3.23. The Kier molecular flexibility index (Phi) is 5.26. The van der Waals surface area contributed by atoms with Gasteiger partial charge in [-0.2, -0.15) is 0 Å². The van der Waals surface area contributed by atoms with Crippen LogP contribution in [0.3, 0.4) is 0 Å². The first kappa shape index (κ1) is 17.4. The number of sulfonamides is 1. The van der Waals surface area contributed by atoms with Crippen molar-refractivity contribution in [2.45, 2.75) is 54.1 Å². The molecule has 2 aromatic rings.